The van der Waals surface area contributed by atoms with E-state index >= 15 is 0 Å². The summed E-state index contributed by atoms with van der Waals surface area (Å²) < 4.78 is 7.94. The first-order chi connectivity index (χ1) is 16.5. The summed E-state index contributed by atoms with van der Waals surface area (Å²) in [4.78, 5) is 18.6. The molecule has 0 amide bonds. The lowest BCUT2D eigenvalue weighted by molar-refractivity contribution is 0.132. The molecule has 1 aliphatic rings. The number of ether oxygens (including phenoxy) is 1. The van der Waals surface area contributed by atoms with Crippen LogP contribution in [0.3, 0.4) is 0 Å². The van der Waals surface area contributed by atoms with Crippen molar-refractivity contribution >= 4 is 22.5 Å². The Morgan fingerprint density at radius 2 is 1.85 bits per heavy atom. The number of benzene rings is 2. The van der Waals surface area contributed by atoms with Gasteiger partial charge in [0, 0.05) is 50.5 Å². The van der Waals surface area contributed by atoms with Crippen LogP contribution in [0.1, 0.15) is 5.56 Å². The van der Waals surface area contributed by atoms with E-state index in [4.69, 9.17) is 9.72 Å². The second-order valence-corrected chi connectivity index (χ2v) is 8.61. The van der Waals surface area contributed by atoms with Crippen LogP contribution in [0, 0.1) is 6.92 Å². The summed E-state index contributed by atoms with van der Waals surface area (Å²) in [6, 6.07) is 14.8. The average Bonchev–Trinajstić information content (AvgIpc) is 3.27. The number of hydrogen-bond acceptors (Lipinski definition) is 8. The zero-order chi connectivity index (χ0) is 23.5. The number of nitrogens with one attached hydrogen (secondary N) is 1. The first-order valence-electron chi connectivity index (χ1n) is 11.5. The lowest BCUT2D eigenvalue weighted by Crippen LogP contribution is -2.45. The summed E-state index contributed by atoms with van der Waals surface area (Å²) in [5, 5.41) is 13.2. The van der Waals surface area contributed by atoms with Crippen LogP contribution in [0.25, 0.3) is 17.0 Å². The molecule has 0 saturated carbocycles. The van der Waals surface area contributed by atoms with Gasteiger partial charge in [0.1, 0.15) is 24.5 Å². The summed E-state index contributed by atoms with van der Waals surface area (Å²) in [6.45, 7) is 7.58. The van der Waals surface area contributed by atoms with Crippen LogP contribution in [0.15, 0.2) is 54.9 Å². The fourth-order valence-corrected chi connectivity index (χ4v) is 4.01. The number of aryl methyl sites for hydroxylation is 1. The molecule has 1 fully saturated rings. The smallest absolute Gasteiger partial charge is 0.240 e. The minimum absolute atomic E-state index is 0.187. The summed E-state index contributed by atoms with van der Waals surface area (Å²) in [7, 11) is 2.15. The maximum atomic E-state index is 9.93. The van der Waals surface area contributed by atoms with Crippen molar-refractivity contribution in [1.82, 2.24) is 29.3 Å². The number of phenolic OH excluding ortho intramolecular Hbond substituents is 1. The molecule has 2 aromatic carbocycles. The van der Waals surface area contributed by atoms with Gasteiger partial charge in [-0.05, 0) is 37.7 Å². The summed E-state index contributed by atoms with van der Waals surface area (Å²) in [5.74, 6) is 1.71. The molecular formula is C25H29N7O2. The van der Waals surface area contributed by atoms with Gasteiger partial charge in [-0.2, -0.15) is 9.97 Å². The van der Waals surface area contributed by atoms with Gasteiger partial charge in [-0.25, -0.2) is 4.98 Å². The molecule has 0 radical (unpaired) electrons. The molecule has 2 N–H and O–H groups in total. The zero-order valence-corrected chi connectivity index (χ0v) is 19.5. The molecule has 0 unspecified atom stereocenters. The SMILES string of the molecule is Cc1ccc(O)cc1Nc1cc(OCCN2CCN(C)CC2)nc(-n2cnc3ccccc32)n1. The van der Waals surface area contributed by atoms with Gasteiger partial charge >= 0.3 is 0 Å². The number of hydrogen-bond donors (Lipinski definition) is 2. The van der Waals surface area contributed by atoms with Crippen LogP contribution in [-0.2, 0) is 0 Å². The number of anilines is 2. The highest BCUT2D eigenvalue weighted by molar-refractivity contribution is 5.76. The van der Waals surface area contributed by atoms with E-state index in [1.807, 2.05) is 41.8 Å². The predicted octanol–water partition coefficient (Wildman–Crippen LogP) is 3.20. The van der Waals surface area contributed by atoms with Crippen molar-refractivity contribution in [3.63, 3.8) is 0 Å². The lowest BCUT2D eigenvalue weighted by Gasteiger charge is -2.32. The number of fused-ring (bicyclic) bond motifs is 1. The van der Waals surface area contributed by atoms with Gasteiger partial charge in [0.25, 0.3) is 0 Å². The highest BCUT2D eigenvalue weighted by Crippen LogP contribution is 2.26. The van der Waals surface area contributed by atoms with Crippen LogP contribution in [0.5, 0.6) is 11.6 Å². The molecule has 176 valence electrons. The highest BCUT2D eigenvalue weighted by atomic mass is 16.5. The Kier molecular flexibility index (Phi) is 6.29. The number of imidazole rings is 1. The van der Waals surface area contributed by atoms with Crippen LogP contribution in [0.2, 0.25) is 0 Å². The molecule has 0 spiro atoms. The van der Waals surface area contributed by atoms with E-state index in [0.29, 0.717) is 24.3 Å². The monoisotopic (exact) mass is 459 g/mol. The van der Waals surface area contributed by atoms with E-state index in [1.165, 1.54) is 0 Å². The molecular weight excluding hydrogens is 430 g/mol. The van der Waals surface area contributed by atoms with E-state index < -0.39 is 0 Å². The number of para-hydroxylation sites is 2. The summed E-state index contributed by atoms with van der Waals surface area (Å²) >= 11 is 0. The van der Waals surface area contributed by atoms with Gasteiger partial charge in [-0.3, -0.25) is 9.47 Å². The number of aromatic hydroxyl groups is 1. The maximum absolute atomic E-state index is 9.93. The molecule has 34 heavy (non-hydrogen) atoms. The van der Waals surface area contributed by atoms with E-state index in [9.17, 15) is 5.11 Å². The number of piperazine rings is 1. The van der Waals surface area contributed by atoms with E-state index in [2.05, 4.69) is 32.1 Å². The molecule has 0 atom stereocenters. The van der Waals surface area contributed by atoms with Crippen LogP contribution >= 0.6 is 0 Å². The van der Waals surface area contributed by atoms with Crippen LogP contribution < -0.4 is 10.1 Å². The lowest BCUT2D eigenvalue weighted by atomic mass is 10.2. The first-order valence-corrected chi connectivity index (χ1v) is 11.5. The Balaban J connectivity index is 1.42. The second-order valence-electron chi connectivity index (χ2n) is 8.61. The van der Waals surface area contributed by atoms with Crippen molar-refractivity contribution in [2.45, 2.75) is 6.92 Å². The second kappa shape index (κ2) is 9.66. The van der Waals surface area contributed by atoms with Crippen molar-refractivity contribution in [1.29, 1.82) is 0 Å². The minimum Gasteiger partial charge on any atom is -0.508 e. The van der Waals surface area contributed by atoms with Gasteiger partial charge in [-0.1, -0.05) is 18.2 Å². The standard InChI is InChI=1S/C25H29N7O2/c1-18-7-8-19(33)15-21(18)27-23-16-24(34-14-13-31-11-9-30(2)10-12-31)29-25(28-23)32-17-26-20-5-3-4-6-22(20)32/h3-8,15-17,33H,9-14H2,1-2H3,(H,27,28,29). The molecule has 1 aliphatic heterocycles. The number of phenols is 1. The highest BCUT2D eigenvalue weighted by Gasteiger charge is 2.15. The van der Waals surface area contributed by atoms with Crippen molar-refractivity contribution in [3.8, 4) is 17.6 Å². The Morgan fingerprint density at radius 3 is 2.71 bits per heavy atom. The van der Waals surface area contributed by atoms with E-state index in [-0.39, 0.29) is 5.75 Å². The van der Waals surface area contributed by atoms with Gasteiger partial charge in [-0.15, -0.1) is 0 Å². The average molecular weight is 460 g/mol. The largest absolute Gasteiger partial charge is 0.508 e. The molecule has 0 bridgehead atoms. The van der Waals surface area contributed by atoms with Crippen molar-refractivity contribution in [3.05, 3.63) is 60.4 Å². The number of rotatable bonds is 7. The van der Waals surface area contributed by atoms with Crippen LogP contribution in [-0.4, -0.2) is 80.8 Å². The molecule has 1 saturated heterocycles. The van der Waals surface area contributed by atoms with Crippen molar-refractivity contribution in [2.75, 3.05) is 51.7 Å². The third-order valence-electron chi connectivity index (χ3n) is 6.10. The topological polar surface area (TPSA) is 91.6 Å². The van der Waals surface area contributed by atoms with Gasteiger partial charge < -0.3 is 20.1 Å². The minimum atomic E-state index is 0.187. The molecule has 0 aliphatic carbocycles. The predicted molar refractivity (Wildman–Crippen MR) is 132 cm³/mol. The van der Waals surface area contributed by atoms with Crippen LogP contribution in [0.4, 0.5) is 11.5 Å². The van der Waals surface area contributed by atoms with Crippen molar-refractivity contribution < 1.29 is 9.84 Å². The van der Waals surface area contributed by atoms with E-state index in [0.717, 1.165) is 55.0 Å². The van der Waals surface area contributed by atoms with Gasteiger partial charge in [0.05, 0.1) is 11.0 Å². The first kappa shape index (κ1) is 22.1. The zero-order valence-electron chi connectivity index (χ0n) is 19.5. The molecule has 9 nitrogen and oxygen atoms in total. The normalized spacial score (nSPS) is 15.0. The quantitative estimate of drug-likeness (QED) is 0.435. The molecule has 2 aromatic heterocycles. The number of aromatic nitrogens is 4. The molecule has 4 aromatic rings. The summed E-state index contributed by atoms with van der Waals surface area (Å²) in [5.41, 5.74) is 3.54. The Hall–Kier alpha value is -3.69. The third-order valence-corrected chi connectivity index (χ3v) is 6.10. The Bertz CT molecular complexity index is 1280. The van der Waals surface area contributed by atoms with Gasteiger partial charge in [0.15, 0.2) is 0 Å². The molecule has 3 heterocycles. The molecule has 9 heteroatoms. The summed E-state index contributed by atoms with van der Waals surface area (Å²) in [6.07, 6.45) is 1.72. The molecule has 5 rings (SSSR count). The number of nitrogens with zero attached hydrogens (tertiary/aromatic N) is 6. The maximum Gasteiger partial charge on any atom is 0.240 e. The van der Waals surface area contributed by atoms with E-state index in [1.54, 1.807) is 24.5 Å². The van der Waals surface area contributed by atoms with Crippen molar-refractivity contribution in [2.24, 2.45) is 0 Å². The van der Waals surface area contributed by atoms with Gasteiger partial charge in [0.2, 0.25) is 11.8 Å². The fourth-order valence-electron chi connectivity index (χ4n) is 4.01. The fraction of sp³-hybridized carbons (Fsp3) is 0.320. The number of likely N-dealkylation sites (N-methyl/N-ethyl adjacent to an activating group) is 1. The Morgan fingerprint density at radius 1 is 1.03 bits per heavy atom. The third kappa shape index (κ3) is 4.95. The Labute approximate surface area is 198 Å².